The maximum atomic E-state index is 12.7. The Morgan fingerprint density at radius 2 is 1.77 bits per heavy atom. The SMILES string of the molecule is CCCc1c(-c2ccc(C(C)(C)C)cc2)c(C(N)=O)c(C)n1C1CCc2ccccc21. The van der Waals surface area contributed by atoms with Crippen LogP contribution in [0.1, 0.15) is 85.0 Å². The molecular weight excluding hydrogens is 380 g/mol. The molecule has 0 spiro atoms. The van der Waals surface area contributed by atoms with Gasteiger partial charge in [0.05, 0.1) is 11.6 Å². The number of hydrogen-bond donors (Lipinski definition) is 1. The second kappa shape index (κ2) is 8.03. The summed E-state index contributed by atoms with van der Waals surface area (Å²) >= 11 is 0. The van der Waals surface area contributed by atoms with Gasteiger partial charge in [0, 0.05) is 17.0 Å². The summed E-state index contributed by atoms with van der Waals surface area (Å²) in [5.74, 6) is -0.338. The Labute approximate surface area is 186 Å². The van der Waals surface area contributed by atoms with Gasteiger partial charge in [-0.2, -0.15) is 0 Å². The highest BCUT2D eigenvalue weighted by Crippen LogP contribution is 2.42. The second-order valence-corrected chi connectivity index (χ2v) is 9.85. The smallest absolute Gasteiger partial charge is 0.251 e. The second-order valence-electron chi connectivity index (χ2n) is 9.85. The zero-order chi connectivity index (χ0) is 22.3. The Morgan fingerprint density at radius 1 is 1.10 bits per heavy atom. The summed E-state index contributed by atoms with van der Waals surface area (Å²) in [6.45, 7) is 10.9. The average Bonchev–Trinajstić information content (AvgIpc) is 3.26. The van der Waals surface area contributed by atoms with Crippen LogP contribution in [0.3, 0.4) is 0 Å². The molecule has 1 aromatic heterocycles. The van der Waals surface area contributed by atoms with Crippen molar-refractivity contribution in [3.05, 3.63) is 82.2 Å². The van der Waals surface area contributed by atoms with Crippen LogP contribution < -0.4 is 5.73 Å². The van der Waals surface area contributed by atoms with Gasteiger partial charge in [-0.15, -0.1) is 0 Å². The average molecular weight is 415 g/mol. The van der Waals surface area contributed by atoms with Crippen molar-refractivity contribution in [3.63, 3.8) is 0 Å². The minimum atomic E-state index is -0.338. The summed E-state index contributed by atoms with van der Waals surface area (Å²) in [6, 6.07) is 17.7. The van der Waals surface area contributed by atoms with Crippen LogP contribution in [-0.4, -0.2) is 10.5 Å². The molecule has 2 N–H and O–H groups in total. The Balaban J connectivity index is 1.94. The van der Waals surface area contributed by atoms with Crippen LogP contribution in [0.25, 0.3) is 11.1 Å². The van der Waals surface area contributed by atoms with Crippen LogP contribution in [0.4, 0.5) is 0 Å². The van der Waals surface area contributed by atoms with Gasteiger partial charge in [-0.1, -0.05) is 82.6 Å². The van der Waals surface area contributed by atoms with E-state index in [4.69, 9.17) is 5.73 Å². The monoisotopic (exact) mass is 414 g/mol. The van der Waals surface area contributed by atoms with Gasteiger partial charge in [0.2, 0.25) is 0 Å². The molecule has 0 aliphatic heterocycles. The Hall–Kier alpha value is -2.81. The Morgan fingerprint density at radius 3 is 2.39 bits per heavy atom. The van der Waals surface area contributed by atoms with Crippen molar-refractivity contribution in [2.24, 2.45) is 5.73 Å². The van der Waals surface area contributed by atoms with Crippen LogP contribution in [-0.2, 0) is 18.3 Å². The number of hydrogen-bond acceptors (Lipinski definition) is 1. The summed E-state index contributed by atoms with van der Waals surface area (Å²) in [7, 11) is 0. The van der Waals surface area contributed by atoms with E-state index >= 15 is 0 Å². The minimum absolute atomic E-state index is 0.0900. The molecule has 0 saturated heterocycles. The fourth-order valence-corrected chi connectivity index (χ4v) is 5.22. The Kier molecular flexibility index (Phi) is 5.55. The van der Waals surface area contributed by atoms with E-state index in [2.05, 4.69) is 87.7 Å². The van der Waals surface area contributed by atoms with E-state index < -0.39 is 0 Å². The Bertz CT molecular complexity index is 1110. The van der Waals surface area contributed by atoms with E-state index in [1.54, 1.807) is 0 Å². The van der Waals surface area contributed by atoms with Crippen LogP contribution in [0.2, 0.25) is 0 Å². The number of rotatable bonds is 5. The quantitative estimate of drug-likeness (QED) is 0.520. The van der Waals surface area contributed by atoms with Gasteiger partial charge in [0.25, 0.3) is 5.91 Å². The lowest BCUT2D eigenvalue weighted by Gasteiger charge is -2.21. The molecule has 1 heterocycles. The van der Waals surface area contributed by atoms with Crippen molar-refractivity contribution in [2.45, 2.75) is 71.8 Å². The molecule has 1 amide bonds. The molecular formula is C28H34N2O. The highest BCUT2D eigenvalue weighted by Gasteiger charge is 2.31. The van der Waals surface area contributed by atoms with Crippen molar-refractivity contribution in [1.29, 1.82) is 0 Å². The molecule has 1 aliphatic rings. The first kappa shape index (κ1) is 21.4. The lowest BCUT2D eigenvalue weighted by atomic mass is 9.86. The molecule has 1 aliphatic carbocycles. The topological polar surface area (TPSA) is 48.0 Å². The molecule has 0 radical (unpaired) electrons. The fraction of sp³-hybridized carbons (Fsp3) is 0.393. The molecule has 31 heavy (non-hydrogen) atoms. The van der Waals surface area contributed by atoms with Crippen molar-refractivity contribution in [3.8, 4) is 11.1 Å². The summed E-state index contributed by atoms with van der Waals surface area (Å²) in [5.41, 5.74) is 15.2. The van der Waals surface area contributed by atoms with Gasteiger partial charge in [-0.25, -0.2) is 0 Å². The van der Waals surface area contributed by atoms with Crippen molar-refractivity contribution >= 4 is 5.91 Å². The molecule has 0 fully saturated rings. The van der Waals surface area contributed by atoms with Gasteiger partial charge in [0.1, 0.15) is 0 Å². The van der Waals surface area contributed by atoms with Gasteiger partial charge in [-0.3, -0.25) is 4.79 Å². The maximum Gasteiger partial charge on any atom is 0.251 e. The van der Waals surface area contributed by atoms with E-state index in [9.17, 15) is 4.79 Å². The molecule has 3 heteroatoms. The summed E-state index contributed by atoms with van der Waals surface area (Å²) in [6.07, 6.45) is 4.07. The third-order valence-electron chi connectivity index (χ3n) is 6.74. The molecule has 1 atom stereocenters. The molecule has 0 saturated carbocycles. The zero-order valence-electron chi connectivity index (χ0n) is 19.5. The standard InChI is InChI=1S/C28H34N2O/c1-6-9-24-26(20-12-15-21(16-13-20)28(3,4)5)25(27(29)31)18(2)30(24)23-17-14-19-10-7-8-11-22(19)23/h7-8,10-13,15-16,23H,6,9,14,17H2,1-5H3,(H2,29,31). The van der Waals surface area contributed by atoms with Crippen LogP contribution in [0.5, 0.6) is 0 Å². The van der Waals surface area contributed by atoms with Crippen LogP contribution >= 0.6 is 0 Å². The number of aryl methyl sites for hydroxylation is 1. The first-order valence-corrected chi connectivity index (χ1v) is 11.5. The van der Waals surface area contributed by atoms with E-state index in [0.717, 1.165) is 42.5 Å². The first-order valence-electron chi connectivity index (χ1n) is 11.5. The fourth-order valence-electron chi connectivity index (χ4n) is 5.22. The number of carbonyl (C=O) groups is 1. The van der Waals surface area contributed by atoms with E-state index in [-0.39, 0.29) is 17.4 Å². The van der Waals surface area contributed by atoms with Crippen LogP contribution in [0, 0.1) is 6.92 Å². The van der Waals surface area contributed by atoms with E-state index in [1.165, 1.54) is 22.4 Å². The summed E-state index contributed by atoms with van der Waals surface area (Å²) in [5, 5.41) is 0. The van der Waals surface area contributed by atoms with E-state index in [0.29, 0.717) is 5.56 Å². The number of fused-ring (bicyclic) bond motifs is 1. The van der Waals surface area contributed by atoms with E-state index in [1.807, 2.05) is 0 Å². The predicted octanol–water partition coefficient (Wildman–Crippen LogP) is 6.35. The first-order chi connectivity index (χ1) is 14.7. The zero-order valence-corrected chi connectivity index (χ0v) is 19.5. The van der Waals surface area contributed by atoms with Gasteiger partial charge >= 0.3 is 0 Å². The molecule has 0 bridgehead atoms. The number of amides is 1. The van der Waals surface area contributed by atoms with Gasteiger partial charge < -0.3 is 10.3 Å². The number of primary amides is 1. The summed E-state index contributed by atoms with van der Waals surface area (Å²) < 4.78 is 2.42. The number of nitrogens with two attached hydrogens (primary N) is 1. The third-order valence-corrected chi connectivity index (χ3v) is 6.74. The largest absolute Gasteiger partial charge is 0.366 e. The van der Waals surface area contributed by atoms with Gasteiger partial charge in [-0.05, 0) is 53.9 Å². The number of benzene rings is 2. The third kappa shape index (κ3) is 3.71. The van der Waals surface area contributed by atoms with Gasteiger partial charge in [0.15, 0.2) is 0 Å². The highest BCUT2D eigenvalue weighted by molar-refractivity contribution is 6.02. The van der Waals surface area contributed by atoms with Crippen molar-refractivity contribution in [2.75, 3.05) is 0 Å². The van der Waals surface area contributed by atoms with Crippen molar-refractivity contribution in [1.82, 2.24) is 4.57 Å². The molecule has 162 valence electrons. The molecule has 2 aromatic carbocycles. The molecule has 1 unspecified atom stereocenters. The maximum absolute atomic E-state index is 12.7. The summed E-state index contributed by atoms with van der Waals surface area (Å²) in [4.78, 5) is 12.7. The number of carbonyl (C=O) groups excluding carboxylic acids is 1. The molecule has 4 rings (SSSR count). The predicted molar refractivity (Wildman–Crippen MR) is 129 cm³/mol. The normalized spacial score (nSPS) is 15.8. The minimum Gasteiger partial charge on any atom is -0.366 e. The molecule has 3 nitrogen and oxygen atoms in total. The van der Waals surface area contributed by atoms with Crippen molar-refractivity contribution < 1.29 is 4.79 Å². The lowest BCUT2D eigenvalue weighted by molar-refractivity contribution is 0.1000. The lowest BCUT2D eigenvalue weighted by Crippen LogP contribution is -2.15. The highest BCUT2D eigenvalue weighted by atomic mass is 16.1. The number of nitrogens with zero attached hydrogens (tertiary/aromatic N) is 1. The van der Waals surface area contributed by atoms with Crippen LogP contribution in [0.15, 0.2) is 48.5 Å². The number of aromatic nitrogens is 1. The molecule has 3 aromatic rings.